The number of rotatable bonds is 9. The molecule has 2 aromatic heterocycles. The Morgan fingerprint density at radius 2 is 2.00 bits per heavy atom. The second kappa shape index (κ2) is 10.3. The Morgan fingerprint density at radius 1 is 1.20 bits per heavy atom. The molecule has 5 rings (SSSR count). The standard InChI is InChI=1S/C26H30N6O2S/c1-17-18(2)31(15-21-9-6-12-34-21)25(22(17)13-27)28-23(33)16-35-26-30-29-24(20-10-11-20)32(26)14-19-7-4-3-5-8-19/h3-5,7-8,20-21H,6,9-12,14-16H2,1-2H3,(H,28,33). The molecule has 1 saturated carbocycles. The fraction of sp³-hybridized carbons (Fsp3) is 0.462. The zero-order valence-electron chi connectivity index (χ0n) is 20.2. The van der Waals surface area contributed by atoms with Gasteiger partial charge in [-0.05, 0) is 50.7 Å². The fourth-order valence-electron chi connectivity index (χ4n) is 4.61. The van der Waals surface area contributed by atoms with Gasteiger partial charge in [0, 0.05) is 18.2 Å². The summed E-state index contributed by atoms with van der Waals surface area (Å²) in [5.74, 6) is 2.04. The van der Waals surface area contributed by atoms with Gasteiger partial charge in [-0.15, -0.1) is 10.2 Å². The number of nitriles is 1. The summed E-state index contributed by atoms with van der Waals surface area (Å²) in [7, 11) is 0. The molecule has 35 heavy (non-hydrogen) atoms. The largest absolute Gasteiger partial charge is 0.376 e. The van der Waals surface area contributed by atoms with Crippen molar-refractivity contribution in [2.75, 3.05) is 17.7 Å². The van der Waals surface area contributed by atoms with Gasteiger partial charge in [0.1, 0.15) is 17.7 Å². The van der Waals surface area contributed by atoms with Crippen LogP contribution in [0, 0.1) is 25.2 Å². The van der Waals surface area contributed by atoms with Crippen LogP contribution >= 0.6 is 11.8 Å². The van der Waals surface area contributed by atoms with Crippen LogP contribution in [0.2, 0.25) is 0 Å². The minimum Gasteiger partial charge on any atom is -0.376 e. The van der Waals surface area contributed by atoms with E-state index in [-0.39, 0.29) is 17.8 Å². The molecular formula is C26H30N6O2S. The highest BCUT2D eigenvalue weighted by atomic mass is 32.2. The van der Waals surface area contributed by atoms with Gasteiger partial charge < -0.3 is 19.2 Å². The maximum Gasteiger partial charge on any atom is 0.235 e. The number of hydrogen-bond donors (Lipinski definition) is 1. The van der Waals surface area contributed by atoms with Gasteiger partial charge in [0.05, 0.1) is 30.5 Å². The summed E-state index contributed by atoms with van der Waals surface area (Å²) in [6.45, 7) is 5.99. The highest BCUT2D eigenvalue weighted by Crippen LogP contribution is 2.40. The Morgan fingerprint density at radius 3 is 2.69 bits per heavy atom. The second-order valence-electron chi connectivity index (χ2n) is 9.32. The molecule has 1 N–H and O–H groups in total. The lowest BCUT2D eigenvalue weighted by molar-refractivity contribution is -0.113. The molecule has 1 amide bonds. The summed E-state index contributed by atoms with van der Waals surface area (Å²) >= 11 is 1.38. The lowest BCUT2D eigenvalue weighted by atomic mass is 10.2. The Labute approximate surface area is 209 Å². The maximum absolute atomic E-state index is 13.0. The first-order valence-electron chi connectivity index (χ1n) is 12.2. The van der Waals surface area contributed by atoms with Crippen molar-refractivity contribution in [3.05, 3.63) is 58.5 Å². The predicted octanol–water partition coefficient (Wildman–Crippen LogP) is 4.40. The number of amides is 1. The molecule has 1 aromatic carbocycles. The van der Waals surface area contributed by atoms with Crippen molar-refractivity contribution >= 4 is 23.5 Å². The maximum atomic E-state index is 13.0. The first-order chi connectivity index (χ1) is 17.0. The van der Waals surface area contributed by atoms with Gasteiger partial charge >= 0.3 is 0 Å². The molecule has 9 heteroatoms. The van der Waals surface area contributed by atoms with E-state index in [0.29, 0.717) is 30.4 Å². The molecule has 2 aliphatic rings. The topological polar surface area (TPSA) is 97.8 Å². The number of anilines is 1. The SMILES string of the molecule is Cc1c(C#N)c(NC(=O)CSc2nnc(C3CC3)n2Cc2ccccc2)n(CC2CCCO2)c1C. The van der Waals surface area contributed by atoms with Crippen LogP contribution in [0.5, 0.6) is 0 Å². The van der Waals surface area contributed by atoms with E-state index in [9.17, 15) is 10.1 Å². The van der Waals surface area contributed by atoms with Crippen LogP contribution in [0.25, 0.3) is 0 Å². The smallest absolute Gasteiger partial charge is 0.235 e. The number of nitrogens with one attached hydrogen (secondary N) is 1. The second-order valence-corrected chi connectivity index (χ2v) is 10.3. The van der Waals surface area contributed by atoms with E-state index in [2.05, 4.69) is 38.3 Å². The van der Waals surface area contributed by atoms with Crippen molar-refractivity contribution in [3.63, 3.8) is 0 Å². The molecule has 1 saturated heterocycles. The number of nitrogens with zero attached hydrogens (tertiary/aromatic N) is 5. The van der Waals surface area contributed by atoms with Crippen LogP contribution < -0.4 is 5.32 Å². The molecule has 1 atom stereocenters. The predicted molar refractivity (Wildman–Crippen MR) is 134 cm³/mol. The van der Waals surface area contributed by atoms with Crippen LogP contribution in [0.3, 0.4) is 0 Å². The third kappa shape index (κ3) is 5.14. The number of thioether (sulfide) groups is 1. The van der Waals surface area contributed by atoms with E-state index >= 15 is 0 Å². The highest BCUT2D eigenvalue weighted by Gasteiger charge is 2.31. The van der Waals surface area contributed by atoms with Gasteiger partial charge in [0.15, 0.2) is 5.16 Å². The van der Waals surface area contributed by atoms with E-state index < -0.39 is 0 Å². The summed E-state index contributed by atoms with van der Waals surface area (Å²) < 4.78 is 9.97. The quantitative estimate of drug-likeness (QED) is 0.447. The zero-order valence-corrected chi connectivity index (χ0v) is 21.0. The van der Waals surface area contributed by atoms with Gasteiger partial charge in [-0.2, -0.15) is 5.26 Å². The molecule has 182 valence electrons. The number of carbonyl (C=O) groups excluding carboxylic acids is 1. The van der Waals surface area contributed by atoms with Crippen molar-refractivity contribution < 1.29 is 9.53 Å². The molecule has 8 nitrogen and oxygen atoms in total. The van der Waals surface area contributed by atoms with Crippen LogP contribution in [0.1, 0.15) is 59.8 Å². The Balaban J connectivity index is 1.31. The molecule has 0 radical (unpaired) electrons. The summed E-state index contributed by atoms with van der Waals surface area (Å²) in [5.41, 5.74) is 3.57. The zero-order chi connectivity index (χ0) is 24.4. The summed E-state index contributed by atoms with van der Waals surface area (Å²) in [6.07, 6.45) is 4.40. The molecule has 3 aromatic rings. The normalized spacial score (nSPS) is 17.5. The Kier molecular flexibility index (Phi) is 6.93. The van der Waals surface area contributed by atoms with Crippen LogP contribution in [-0.2, 0) is 22.6 Å². The monoisotopic (exact) mass is 490 g/mol. The number of hydrogen-bond acceptors (Lipinski definition) is 6. The summed E-state index contributed by atoms with van der Waals surface area (Å²) in [5, 5.41) is 22.4. The molecule has 1 aliphatic carbocycles. The first-order valence-corrected chi connectivity index (χ1v) is 13.1. The highest BCUT2D eigenvalue weighted by molar-refractivity contribution is 7.99. The van der Waals surface area contributed by atoms with Crippen molar-refractivity contribution in [1.82, 2.24) is 19.3 Å². The third-order valence-electron chi connectivity index (χ3n) is 6.81. The van der Waals surface area contributed by atoms with Crippen LogP contribution in [-0.4, -0.2) is 43.7 Å². The minimum atomic E-state index is -0.167. The van der Waals surface area contributed by atoms with Gasteiger partial charge in [0.25, 0.3) is 0 Å². The van der Waals surface area contributed by atoms with E-state index in [1.54, 1.807) is 0 Å². The number of aromatic nitrogens is 4. The summed E-state index contributed by atoms with van der Waals surface area (Å²) in [6, 6.07) is 12.5. The molecule has 1 unspecified atom stereocenters. The lowest BCUT2D eigenvalue weighted by Crippen LogP contribution is -2.22. The van der Waals surface area contributed by atoms with Gasteiger partial charge in [-0.3, -0.25) is 4.79 Å². The van der Waals surface area contributed by atoms with Gasteiger partial charge in [-0.25, -0.2) is 0 Å². The number of benzene rings is 1. The molecule has 2 fully saturated rings. The van der Waals surface area contributed by atoms with Crippen molar-refractivity contribution in [1.29, 1.82) is 5.26 Å². The third-order valence-corrected chi connectivity index (χ3v) is 7.78. The molecule has 0 spiro atoms. The molecule has 3 heterocycles. The average Bonchev–Trinajstić information content (AvgIpc) is 3.35. The number of ether oxygens (including phenoxy) is 1. The van der Waals surface area contributed by atoms with Gasteiger partial charge in [0.2, 0.25) is 5.91 Å². The van der Waals surface area contributed by atoms with Crippen LogP contribution in [0.15, 0.2) is 35.5 Å². The van der Waals surface area contributed by atoms with Crippen molar-refractivity contribution in [2.24, 2.45) is 0 Å². The molecule has 0 bridgehead atoms. The van der Waals surface area contributed by atoms with E-state index in [1.165, 1.54) is 17.3 Å². The molecular weight excluding hydrogens is 460 g/mol. The summed E-state index contributed by atoms with van der Waals surface area (Å²) in [4.78, 5) is 13.0. The van der Waals surface area contributed by atoms with E-state index in [4.69, 9.17) is 4.74 Å². The van der Waals surface area contributed by atoms with Crippen molar-refractivity contribution in [3.8, 4) is 6.07 Å². The van der Waals surface area contributed by atoms with Crippen LogP contribution in [0.4, 0.5) is 5.82 Å². The van der Waals surface area contributed by atoms with E-state index in [1.807, 2.05) is 36.6 Å². The van der Waals surface area contributed by atoms with Crippen molar-refractivity contribution in [2.45, 2.75) is 69.8 Å². The average molecular weight is 491 g/mol. The minimum absolute atomic E-state index is 0.106. The fourth-order valence-corrected chi connectivity index (χ4v) is 5.36. The Bertz CT molecular complexity index is 1250. The van der Waals surface area contributed by atoms with Gasteiger partial charge in [-0.1, -0.05) is 42.1 Å². The molecule has 1 aliphatic heterocycles. The Hall–Kier alpha value is -3.09. The first kappa shape index (κ1) is 23.6. The number of carbonyl (C=O) groups is 1. The lowest BCUT2D eigenvalue weighted by Gasteiger charge is -2.17. The van der Waals surface area contributed by atoms with E-state index in [0.717, 1.165) is 54.5 Å².